The van der Waals surface area contributed by atoms with Crippen molar-refractivity contribution < 1.29 is 32.3 Å². The topological polar surface area (TPSA) is 96.2 Å². The molecule has 2 atom stereocenters. The van der Waals surface area contributed by atoms with Gasteiger partial charge >= 0.3 is 7.82 Å². The Morgan fingerprint density at radius 2 is 1.38 bits per heavy atom. The lowest BCUT2D eigenvalue weighted by molar-refractivity contribution is -0.0496. The molecule has 0 radical (unpaired) electrons. The van der Waals surface area contributed by atoms with Crippen LogP contribution in [0.25, 0.3) is 0 Å². The van der Waals surface area contributed by atoms with Gasteiger partial charge in [0, 0.05) is 13.7 Å². The average molecular weight is 694 g/mol. The molecular formula is C37H57ClNO7P. The molecule has 0 saturated heterocycles. The molecule has 8 nitrogen and oxygen atoms in total. The predicted molar refractivity (Wildman–Crippen MR) is 189 cm³/mol. The van der Waals surface area contributed by atoms with Crippen molar-refractivity contribution in [2.45, 2.75) is 122 Å². The monoisotopic (exact) mass is 693 g/mol. The number of ether oxygens (including phenoxy) is 3. The second-order valence-corrected chi connectivity index (χ2v) is 14.0. The first-order valence-electron chi connectivity index (χ1n) is 17.5. The quantitative estimate of drug-likeness (QED) is 0.0613. The number of phosphoric ester groups is 1. The zero-order valence-corrected chi connectivity index (χ0v) is 30.5. The van der Waals surface area contributed by atoms with Gasteiger partial charge in [-0.3, -0.25) is 9.05 Å². The Hall–Kier alpha value is -2.11. The molecule has 2 aromatic rings. The molecule has 264 valence electrons. The number of hydrogen-bond acceptors (Lipinski definition) is 8. The molecule has 0 aliphatic heterocycles. The van der Waals surface area contributed by atoms with Crippen molar-refractivity contribution >= 4 is 19.4 Å². The normalized spacial score (nSPS) is 13.2. The number of phosphoric acid groups is 1. The standard InChI is InChI=1S/C37H57ClNO7P/c1-4-5-6-7-8-9-10-11-12-13-14-15-16-17-18-21-26-43-30-34(44-29-32-24-25-36(41-2)33(27-32)28-39)31-45-47(40,42-3)46-37-23-20-19-22-35(37)38/h19-20,22-25,27,34H,4-18,21,26,29-31H2,1-3H3/t34-,47?/m1/s1. The summed E-state index contributed by atoms with van der Waals surface area (Å²) in [5.74, 6) is 0.690. The van der Waals surface area contributed by atoms with Crippen LogP contribution in [-0.4, -0.2) is 40.1 Å². The molecule has 0 amide bonds. The number of rotatable bonds is 29. The van der Waals surface area contributed by atoms with E-state index in [1.807, 2.05) is 6.07 Å². The fraction of sp³-hybridized carbons (Fsp3) is 0.649. The third-order valence-electron chi connectivity index (χ3n) is 8.00. The Morgan fingerprint density at radius 3 is 1.94 bits per heavy atom. The molecule has 0 N–H and O–H groups in total. The minimum Gasteiger partial charge on any atom is -0.495 e. The van der Waals surface area contributed by atoms with Crippen molar-refractivity contribution in [3.8, 4) is 17.6 Å². The maximum atomic E-state index is 13.2. The van der Waals surface area contributed by atoms with Gasteiger partial charge in [-0.05, 0) is 36.2 Å². The first-order chi connectivity index (χ1) is 22.9. The molecule has 0 spiro atoms. The van der Waals surface area contributed by atoms with Crippen molar-refractivity contribution in [3.63, 3.8) is 0 Å². The van der Waals surface area contributed by atoms with Gasteiger partial charge in [0.2, 0.25) is 0 Å². The van der Waals surface area contributed by atoms with Crippen LogP contribution < -0.4 is 9.26 Å². The van der Waals surface area contributed by atoms with Crippen molar-refractivity contribution in [2.24, 2.45) is 0 Å². The smallest absolute Gasteiger partial charge is 0.495 e. The highest BCUT2D eigenvalue weighted by molar-refractivity contribution is 7.48. The number of nitriles is 1. The molecule has 0 aliphatic rings. The van der Waals surface area contributed by atoms with Gasteiger partial charge < -0.3 is 18.7 Å². The van der Waals surface area contributed by atoms with Gasteiger partial charge in [-0.15, -0.1) is 0 Å². The van der Waals surface area contributed by atoms with E-state index in [2.05, 4.69) is 13.0 Å². The van der Waals surface area contributed by atoms with Crippen LogP contribution >= 0.6 is 19.4 Å². The lowest BCUT2D eigenvalue weighted by atomic mass is 10.0. The molecule has 0 saturated carbocycles. The van der Waals surface area contributed by atoms with Crippen LogP contribution in [-0.2, 0) is 29.7 Å². The third-order valence-corrected chi connectivity index (χ3v) is 9.65. The predicted octanol–water partition coefficient (Wildman–Crippen LogP) is 11.2. The lowest BCUT2D eigenvalue weighted by Crippen LogP contribution is -2.26. The molecule has 47 heavy (non-hydrogen) atoms. The van der Waals surface area contributed by atoms with Crippen molar-refractivity contribution in [1.29, 1.82) is 5.26 Å². The van der Waals surface area contributed by atoms with Gasteiger partial charge in [-0.2, -0.15) is 5.26 Å². The van der Waals surface area contributed by atoms with Crippen LogP contribution in [0, 0.1) is 11.3 Å². The Kier molecular flexibility index (Phi) is 22.6. The van der Waals surface area contributed by atoms with E-state index in [-0.39, 0.29) is 30.6 Å². The Labute approximate surface area is 289 Å². The molecule has 2 rings (SSSR count). The van der Waals surface area contributed by atoms with Crippen LogP contribution in [0.2, 0.25) is 5.02 Å². The van der Waals surface area contributed by atoms with Gasteiger partial charge in [0.15, 0.2) is 0 Å². The highest BCUT2D eigenvalue weighted by Crippen LogP contribution is 2.50. The van der Waals surface area contributed by atoms with Crippen molar-refractivity contribution in [2.75, 3.05) is 34.0 Å². The molecule has 0 bridgehead atoms. The number of halogens is 1. The SMILES string of the molecule is CCCCCCCCCCCCCCCCCCOC[C@H](COP(=O)(OC)Oc1ccccc1Cl)OCc1ccc(OC)c(C#N)c1. The van der Waals surface area contributed by atoms with Gasteiger partial charge in [-0.1, -0.05) is 133 Å². The van der Waals surface area contributed by atoms with E-state index in [0.29, 0.717) is 17.9 Å². The van der Waals surface area contributed by atoms with Crippen LogP contribution in [0.5, 0.6) is 11.5 Å². The minimum atomic E-state index is -3.98. The van der Waals surface area contributed by atoms with E-state index >= 15 is 0 Å². The molecule has 0 aliphatic carbocycles. The summed E-state index contributed by atoms with van der Waals surface area (Å²) in [5.41, 5.74) is 1.20. The zero-order chi connectivity index (χ0) is 34.0. The summed E-state index contributed by atoms with van der Waals surface area (Å²) in [4.78, 5) is 0. The summed E-state index contributed by atoms with van der Waals surface area (Å²) in [6.07, 6.45) is 20.5. The van der Waals surface area contributed by atoms with E-state index in [4.69, 9.17) is 39.4 Å². The number of benzene rings is 2. The van der Waals surface area contributed by atoms with Crippen LogP contribution in [0.15, 0.2) is 42.5 Å². The van der Waals surface area contributed by atoms with E-state index in [1.54, 1.807) is 36.4 Å². The Bertz CT molecular complexity index is 1190. The minimum absolute atomic E-state index is 0.101. The van der Waals surface area contributed by atoms with Gasteiger partial charge in [0.25, 0.3) is 0 Å². The molecular weight excluding hydrogens is 637 g/mol. The maximum Gasteiger partial charge on any atom is 0.529 e. The van der Waals surface area contributed by atoms with E-state index in [1.165, 1.54) is 104 Å². The van der Waals surface area contributed by atoms with E-state index in [0.717, 1.165) is 18.4 Å². The number of nitrogens with zero attached hydrogens (tertiary/aromatic N) is 1. The van der Waals surface area contributed by atoms with Gasteiger partial charge in [0.05, 0.1) is 37.5 Å². The number of unbranched alkanes of at least 4 members (excludes halogenated alkanes) is 15. The zero-order valence-electron chi connectivity index (χ0n) is 28.9. The maximum absolute atomic E-state index is 13.2. The molecule has 2 aromatic carbocycles. The molecule has 10 heteroatoms. The summed E-state index contributed by atoms with van der Waals surface area (Å²) in [6, 6.07) is 14.1. The Morgan fingerprint density at radius 1 is 0.787 bits per heavy atom. The van der Waals surface area contributed by atoms with Crippen LogP contribution in [0.3, 0.4) is 0 Å². The lowest BCUT2D eigenvalue weighted by Gasteiger charge is -2.22. The summed E-state index contributed by atoms with van der Waals surface area (Å²) in [6.45, 7) is 3.19. The number of methoxy groups -OCH3 is 1. The summed E-state index contributed by atoms with van der Waals surface area (Å²) >= 11 is 6.17. The number of hydrogen-bond donors (Lipinski definition) is 0. The van der Waals surface area contributed by atoms with Crippen molar-refractivity contribution in [3.05, 3.63) is 58.6 Å². The second kappa shape index (κ2) is 25.8. The fourth-order valence-corrected chi connectivity index (χ4v) is 6.40. The first kappa shape index (κ1) is 41.1. The van der Waals surface area contributed by atoms with Gasteiger partial charge in [-0.25, -0.2) is 4.57 Å². The second-order valence-electron chi connectivity index (χ2n) is 11.9. The average Bonchev–Trinajstić information content (AvgIpc) is 3.09. The Balaban J connectivity index is 1.70. The first-order valence-corrected chi connectivity index (χ1v) is 19.3. The fourth-order valence-electron chi connectivity index (χ4n) is 5.19. The van der Waals surface area contributed by atoms with Crippen LogP contribution in [0.4, 0.5) is 0 Å². The number of para-hydroxylation sites is 1. The molecule has 0 aromatic heterocycles. The molecule has 0 heterocycles. The molecule has 1 unspecified atom stereocenters. The highest BCUT2D eigenvalue weighted by atomic mass is 35.5. The van der Waals surface area contributed by atoms with E-state index in [9.17, 15) is 9.83 Å². The van der Waals surface area contributed by atoms with Gasteiger partial charge in [0.1, 0.15) is 23.7 Å². The van der Waals surface area contributed by atoms with Crippen LogP contribution in [0.1, 0.15) is 121 Å². The largest absolute Gasteiger partial charge is 0.529 e. The summed E-state index contributed by atoms with van der Waals surface area (Å²) in [7, 11) is -1.20. The van der Waals surface area contributed by atoms with Crippen molar-refractivity contribution in [1.82, 2.24) is 0 Å². The summed E-state index contributed by atoms with van der Waals surface area (Å²) in [5, 5.41) is 9.72. The summed E-state index contributed by atoms with van der Waals surface area (Å²) < 4.78 is 46.8. The highest BCUT2D eigenvalue weighted by Gasteiger charge is 2.30. The van der Waals surface area contributed by atoms with E-state index < -0.39 is 13.9 Å². The third kappa shape index (κ3) is 18.3. The molecule has 0 fully saturated rings.